The van der Waals surface area contributed by atoms with Crippen molar-refractivity contribution < 1.29 is 19.3 Å². The Hall–Kier alpha value is -2.62. The van der Waals surface area contributed by atoms with Crippen LogP contribution in [0.25, 0.3) is 6.08 Å². The minimum atomic E-state index is 0.146. The lowest BCUT2D eigenvalue weighted by Gasteiger charge is -2.06. The van der Waals surface area contributed by atoms with Gasteiger partial charge in [0.2, 0.25) is 0 Å². The molecule has 2 aromatic carbocycles. The number of ether oxygens (including phenoxy) is 3. The van der Waals surface area contributed by atoms with E-state index in [1.807, 2.05) is 42.5 Å². The van der Waals surface area contributed by atoms with Crippen molar-refractivity contribution in [3.63, 3.8) is 0 Å². The number of hydrogen-bond donors (Lipinski definition) is 1. The molecule has 1 N–H and O–H groups in total. The third-order valence-corrected chi connectivity index (χ3v) is 3.28. The topological polar surface area (TPSA) is 47.9 Å². The van der Waals surface area contributed by atoms with Gasteiger partial charge in [-0.05, 0) is 41.8 Å². The Bertz CT molecular complexity index is 640. The van der Waals surface area contributed by atoms with E-state index in [0.29, 0.717) is 5.75 Å². The molecule has 0 atom stereocenters. The van der Waals surface area contributed by atoms with E-state index in [1.165, 1.54) is 7.11 Å². The molecule has 2 aromatic rings. The normalized spacial score (nSPS) is 10.7. The Morgan fingerprint density at radius 1 is 0.909 bits per heavy atom. The van der Waals surface area contributed by atoms with Gasteiger partial charge in [0.1, 0.15) is 11.5 Å². The van der Waals surface area contributed by atoms with Gasteiger partial charge in [0, 0.05) is 6.07 Å². The van der Waals surface area contributed by atoms with Crippen molar-refractivity contribution in [2.45, 2.75) is 6.42 Å². The molecular weight excluding hydrogens is 280 g/mol. The van der Waals surface area contributed by atoms with Gasteiger partial charge in [0.25, 0.3) is 0 Å². The van der Waals surface area contributed by atoms with Crippen molar-refractivity contribution in [2.24, 2.45) is 0 Å². The average molecular weight is 300 g/mol. The van der Waals surface area contributed by atoms with Crippen molar-refractivity contribution in [1.82, 2.24) is 0 Å². The molecule has 0 saturated heterocycles. The number of phenolic OH excluding ortho intramolecular Hbond substituents is 1. The summed E-state index contributed by atoms with van der Waals surface area (Å²) in [7, 11) is 4.80. The van der Waals surface area contributed by atoms with E-state index in [2.05, 4.69) is 0 Å². The molecule has 0 fully saturated rings. The van der Waals surface area contributed by atoms with Gasteiger partial charge in [-0.25, -0.2) is 0 Å². The Balaban J connectivity index is 2.12. The van der Waals surface area contributed by atoms with Crippen LogP contribution in [0.1, 0.15) is 11.1 Å². The molecule has 0 saturated carbocycles. The number of allylic oxidation sites excluding steroid dienone is 1. The zero-order valence-corrected chi connectivity index (χ0v) is 13.0. The summed E-state index contributed by atoms with van der Waals surface area (Å²) in [5.41, 5.74) is 2.06. The van der Waals surface area contributed by atoms with E-state index in [9.17, 15) is 5.11 Å². The molecule has 0 heterocycles. The van der Waals surface area contributed by atoms with Crippen molar-refractivity contribution >= 4 is 6.08 Å². The standard InChI is InChI=1S/C18H20O4/c1-20-15-9-14(10-16(12-15)21-2)6-4-5-13-7-8-17(19)18(11-13)22-3/h4,6-12,19H,5H2,1-3H3. The van der Waals surface area contributed by atoms with E-state index < -0.39 is 0 Å². The maximum absolute atomic E-state index is 9.58. The first-order chi connectivity index (χ1) is 10.7. The first-order valence-corrected chi connectivity index (χ1v) is 6.91. The Labute approximate surface area is 130 Å². The lowest BCUT2D eigenvalue weighted by atomic mass is 10.1. The average Bonchev–Trinajstić information content (AvgIpc) is 2.56. The third kappa shape index (κ3) is 3.95. The molecule has 2 rings (SSSR count). The fraction of sp³-hybridized carbons (Fsp3) is 0.222. The number of benzene rings is 2. The van der Waals surface area contributed by atoms with Crippen molar-refractivity contribution in [3.8, 4) is 23.0 Å². The summed E-state index contributed by atoms with van der Waals surface area (Å²) < 4.78 is 15.6. The van der Waals surface area contributed by atoms with Gasteiger partial charge in [-0.15, -0.1) is 0 Å². The molecule has 0 unspecified atom stereocenters. The Morgan fingerprint density at radius 2 is 1.59 bits per heavy atom. The molecule has 0 aromatic heterocycles. The van der Waals surface area contributed by atoms with E-state index in [1.54, 1.807) is 20.3 Å². The van der Waals surface area contributed by atoms with Crippen molar-refractivity contribution in [2.75, 3.05) is 21.3 Å². The molecule has 0 amide bonds. The highest BCUT2D eigenvalue weighted by Gasteiger charge is 2.02. The lowest BCUT2D eigenvalue weighted by molar-refractivity contribution is 0.373. The summed E-state index contributed by atoms with van der Waals surface area (Å²) in [4.78, 5) is 0. The Kier molecular flexibility index (Phi) is 5.31. The molecule has 116 valence electrons. The largest absolute Gasteiger partial charge is 0.504 e. The van der Waals surface area contributed by atoms with E-state index >= 15 is 0 Å². The van der Waals surface area contributed by atoms with Crippen LogP contribution in [0.2, 0.25) is 0 Å². The maximum atomic E-state index is 9.58. The van der Waals surface area contributed by atoms with Crippen LogP contribution in [-0.4, -0.2) is 26.4 Å². The second kappa shape index (κ2) is 7.41. The van der Waals surface area contributed by atoms with Crippen LogP contribution in [0.15, 0.2) is 42.5 Å². The minimum absolute atomic E-state index is 0.146. The predicted molar refractivity (Wildman–Crippen MR) is 86.9 cm³/mol. The van der Waals surface area contributed by atoms with Gasteiger partial charge >= 0.3 is 0 Å². The summed E-state index contributed by atoms with van der Waals surface area (Å²) in [5.74, 6) is 2.14. The van der Waals surface area contributed by atoms with Crippen LogP contribution in [-0.2, 0) is 6.42 Å². The molecule has 4 heteroatoms. The number of methoxy groups -OCH3 is 3. The van der Waals surface area contributed by atoms with Crippen LogP contribution in [0, 0.1) is 0 Å². The summed E-state index contributed by atoms with van der Waals surface area (Å²) >= 11 is 0. The van der Waals surface area contributed by atoms with Gasteiger partial charge in [-0.1, -0.05) is 18.2 Å². The molecule has 0 aliphatic rings. The summed E-state index contributed by atoms with van der Waals surface area (Å²) in [6, 6.07) is 11.0. The number of phenols is 1. The molecule has 0 spiro atoms. The molecule has 0 aliphatic heterocycles. The predicted octanol–water partition coefficient (Wildman–Crippen LogP) is 3.67. The highest BCUT2D eigenvalue weighted by molar-refractivity contribution is 5.55. The quantitative estimate of drug-likeness (QED) is 0.884. The highest BCUT2D eigenvalue weighted by Crippen LogP contribution is 2.27. The zero-order chi connectivity index (χ0) is 15.9. The van der Waals surface area contributed by atoms with E-state index in [0.717, 1.165) is 29.0 Å². The maximum Gasteiger partial charge on any atom is 0.160 e. The molecule has 0 aliphatic carbocycles. The van der Waals surface area contributed by atoms with Crippen LogP contribution in [0.5, 0.6) is 23.0 Å². The number of aromatic hydroxyl groups is 1. The zero-order valence-electron chi connectivity index (χ0n) is 13.0. The summed E-state index contributed by atoms with van der Waals surface area (Å²) in [6.45, 7) is 0. The SMILES string of the molecule is COc1cc(C=CCc2ccc(O)c(OC)c2)cc(OC)c1. The molecular formula is C18H20O4. The smallest absolute Gasteiger partial charge is 0.160 e. The second-order valence-electron chi connectivity index (χ2n) is 4.76. The Morgan fingerprint density at radius 3 is 2.18 bits per heavy atom. The van der Waals surface area contributed by atoms with Crippen LogP contribution >= 0.6 is 0 Å². The fourth-order valence-electron chi connectivity index (χ4n) is 2.11. The van der Waals surface area contributed by atoms with Crippen LogP contribution in [0.4, 0.5) is 0 Å². The van der Waals surface area contributed by atoms with Gasteiger partial charge < -0.3 is 19.3 Å². The molecule has 0 radical (unpaired) electrons. The van der Waals surface area contributed by atoms with E-state index in [-0.39, 0.29) is 5.75 Å². The first kappa shape index (κ1) is 15.8. The van der Waals surface area contributed by atoms with Gasteiger partial charge in [0.05, 0.1) is 21.3 Å². The molecule has 0 bridgehead atoms. The molecule has 4 nitrogen and oxygen atoms in total. The van der Waals surface area contributed by atoms with Gasteiger partial charge in [0.15, 0.2) is 11.5 Å². The number of hydrogen-bond acceptors (Lipinski definition) is 4. The third-order valence-electron chi connectivity index (χ3n) is 3.28. The summed E-state index contributed by atoms with van der Waals surface area (Å²) in [6.07, 6.45) is 4.78. The highest BCUT2D eigenvalue weighted by atomic mass is 16.5. The van der Waals surface area contributed by atoms with Crippen LogP contribution < -0.4 is 14.2 Å². The minimum Gasteiger partial charge on any atom is -0.504 e. The number of rotatable bonds is 6. The van der Waals surface area contributed by atoms with Crippen molar-refractivity contribution in [1.29, 1.82) is 0 Å². The molecule has 22 heavy (non-hydrogen) atoms. The second-order valence-corrected chi connectivity index (χ2v) is 4.76. The van der Waals surface area contributed by atoms with E-state index in [4.69, 9.17) is 14.2 Å². The summed E-state index contributed by atoms with van der Waals surface area (Å²) in [5, 5.41) is 9.58. The first-order valence-electron chi connectivity index (χ1n) is 6.91. The van der Waals surface area contributed by atoms with Crippen molar-refractivity contribution in [3.05, 3.63) is 53.6 Å². The van der Waals surface area contributed by atoms with Gasteiger partial charge in [-0.3, -0.25) is 0 Å². The lowest BCUT2D eigenvalue weighted by Crippen LogP contribution is -1.89. The fourth-order valence-corrected chi connectivity index (χ4v) is 2.11. The monoisotopic (exact) mass is 300 g/mol. The van der Waals surface area contributed by atoms with Crippen LogP contribution in [0.3, 0.4) is 0 Å². The van der Waals surface area contributed by atoms with Gasteiger partial charge in [-0.2, -0.15) is 0 Å².